The van der Waals surface area contributed by atoms with E-state index < -0.39 is 0 Å². The number of ketones is 1. The van der Waals surface area contributed by atoms with Gasteiger partial charge in [0.25, 0.3) is 0 Å². The molecule has 0 fully saturated rings. The fourth-order valence-electron chi connectivity index (χ4n) is 1.77. The SMILES string of the molecule is C/C=C\CC/C=C(/C)CCC(=O)c1ccccc1. The average molecular weight is 242 g/mol. The molecule has 0 aliphatic rings. The third-order valence-corrected chi connectivity index (χ3v) is 2.90. The second-order valence-electron chi connectivity index (χ2n) is 4.49. The smallest absolute Gasteiger partial charge is 0.163 e. The second-order valence-corrected chi connectivity index (χ2v) is 4.49. The Labute approximate surface area is 110 Å². The maximum absolute atomic E-state index is 11.9. The van der Waals surface area contributed by atoms with E-state index in [1.165, 1.54) is 5.57 Å². The van der Waals surface area contributed by atoms with Crippen molar-refractivity contribution in [2.75, 3.05) is 0 Å². The summed E-state index contributed by atoms with van der Waals surface area (Å²) in [6, 6.07) is 9.52. The van der Waals surface area contributed by atoms with Crippen LogP contribution in [0.2, 0.25) is 0 Å². The molecule has 0 bridgehead atoms. The Morgan fingerprint density at radius 1 is 1.11 bits per heavy atom. The number of hydrogen-bond donors (Lipinski definition) is 0. The highest BCUT2D eigenvalue weighted by Gasteiger charge is 2.04. The molecule has 0 heterocycles. The Morgan fingerprint density at radius 2 is 1.83 bits per heavy atom. The van der Waals surface area contributed by atoms with Gasteiger partial charge in [-0.2, -0.15) is 0 Å². The molecule has 96 valence electrons. The van der Waals surface area contributed by atoms with Crippen LogP contribution in [0.25, 0.3) is 0 Å². The van der Waals surface area contributed by atoms with E-state index in [4.69, 9.17) is 0 Å². The Kier molecular flexibility index (Phi) is 6.78. The van der Waals surface area contributed by atoms with Crippen LogP contribution in [0.4, 0.5) is 0 Å². The fraction of sp³-hybridized carbons (Fsp3) is 0.353. The van der Waals surface area contributed by atoms with Crippen LogP contribution < -0.4 is 0 Å². The lowest BCUT2D eigenvalue weighted by Crippen LogP contribution is -1.98. The minimum Gasteiger partial charge on any atom is -0.294 e. The van der Waals surface area contributed by atoms with Gasteiger partial charge >= 0.3 is 0 Å². The topological polar surface area (TPSA) is 17.1 Å². The molecule has 0 saturated heterocycles. The summed E-state index contributed by atoms with van der Waals surface area (Å²) in [5, 5.41) is 0. The first-order valence-electron chi connectivity index (χ1n) is 6.59. The van der Waals surface area contributed by atoms with Crippen molar-refractivity contribution in [3.8, 4) is 0 Å². The molecular formula is C17H22O. The predicted octanol–water partition coefficient (Wildman–Crippen LogP) is 4.95. The van der Waals surface area contributed by atoms with Gasteiger partial charge in [-0.3, -0.25) is 4.79 Å². The summed E-state index contributed by atoms with van der Waals surface area (Å²) in [5.41, 5.74) is 2.13. The van der Waals surface area contributed by atoms with Crippen molar-refractivity contribution in [1.29, 1.82) is 0 Å². The van der Waals surface area contributed by atoms with Crippen LogP contribution in [-0.2, 0) is 0 Å². The Morgan fingerprint density at radius 3 is 2.50 bits per heavy atom. The number of unbranched alkanes of at least 4 members (excludes halogenated alkanes) is 1. The van der Waals surface area contributed by atoms with Crippen LogP contribution in [0.5, 0.6) is 0 Å². The van der Waals surface area contributed by atoms with Crippen LogP contribution in [0.15, 0.2) is 54.1 Å². The zero-order chi connectivity index (χ0) is 13.2. The zero-order valence-electron chi connectivity index (χ0n) is 11.4. The van der Waals surface area contributed by atoms with Crippen molar-refractivity contribution in [1.82, 2.24) is 0 Å². The lowest BCUT2D eigenvalue weighted by molar-refractivity contribution is 0.0983. The molecule has 0 aliphatic heterocycles. The lowest BCUT2D eigenvalue weighted by Gasteiger charge is -2.02. The first-order valence-corrected chi connectivity index (χ1v) is 6.59. The highest BCUT2D eigenvalue weighted by molar-refractivity contribution is 5.96. The van der Waals surface area contributed by atoms with Crippen LogP contribution in [0, 0.1) is 0 Å². The van der Waals surface area contributed by atoms with E-state index in [1.807, 2.05) is 37.3 Å². The van der Waals surface area contributed by atoms with Gasteiger partial charge in [0.05, 0.1) is 0 Å². The molecule has 1 aromatic carbocycles. The van der Waals surface area contributed by atoms with Crippen molar-refractivity contribution in [3.63, 3.8) is 0 Å². The molecule has 18 heavy (non-hydrogen) atoms. The summed E-state index contributed by atoms with van der Waals surface area (Å²) < 4.78 is 0. The molecule has 1 heteroatoms. The van der Waals surface area contributed by atoms with E-state index in [9.17, 15) is 4.79 Å². The summed E-state index contributed by atoms with van der Waals surface area (Å²) in [6.45, 7) is 4.14. The number of benzene rings is 1. The molecule has 0 aromatic heterocycles. The van der Waals surface area contributed by atoms with Gasteiger partial charge in [0, 0.05) is 12.0 Å². The third-order valence-electron chi connectivity index (χ3n) is 2.90. The van der Waals surface area contributed by atoms with Crippen molar-refractivity contribution in [3.05, 3.63) is 59.7 Å². The van der Waals surface area contributed by atoms with Gasteiger partial charge < -0.3 is 0 Å². The van der Waals surface area contributed by atoms with Crippen LogP contribution in [0.1, 0.15) is 49.9 Å². The number of rotatable bonds is 7. The molecule has 1 nitrogen and oxygen atoms in total. The molecule has 0 aliphatic carbocycles. The monoisotopic (exact) mass is 242 g/mol. The summed E-state index contributed by atoms with van der Waals surface area (Å²) >= 11 is 0. The molecule has 0 unspecified atom stereocenters. The Balaban J connectivity index is 2.34. The van der Waals surface area contributed by atoms with Gasteiger partial charge in [0.15, 0.2) is 5.78 Å². The third kappa shape index (κ3) is 5.62. The van der Waals surface area contributed by atoms with E-state index in [1.54, 1.807) is 0 Å². The molecule has 0 atom stereocenters. The second kappa shape index (κ2) is 8.46. The number of Topliss-reactive ketones (excluding diaryl/α,β-unsaturated/α-hetero) is 1. The van der Waals surface area contributed by atoms with E-state index >= 15 is 0 Å². The average Bonchev–Trinajstić information content (AvgIpc) is 2.42. The van der Waals surface area contributed by atoms with Gasteiger partial charge in [-0.1, -0.05) is 54.1 Å². The predicted molar refractivity (Wildman–Crippen MR) is 77.8 cm³/mol. The minimum atomic E-state index is 0.233. The number of carbonyl (C=O) groups excluding carboxylic acids is 1. The lowest BCUT2D eigenvalue weighted by atomic mass is 10.0. The van der Waals surface area contributed by atoms with E-state index in [-0.39, 0.29) is 5.78 Å². The van der Waals surface area contributed by atoms with Crippen molar-refractivity contribution in [2.24, 2.45) is 0 Å². The fourth-order valence-corrected chi connectivity index (χ4v) is 1.77. The highest BCUT2D eigenvalue weighted by atomic mass is 16.1. The molecule has 0 spiro atoms. The van der Waals surface area contributed by atoms with Gasteiger partial charge in [0.2, 0.25) is 0 Å². The quantitative estimate of drug-likeness (QED) is 0.375. The molecular weight excluding hydrogens is 220 g/mol. The van der Waals surface area contributed by atoms with Crippen LogP contribution in [-0.4, -0.2) is 5.78 Å². The van der Waals surface area contributed by atoms with Crippen LogP contribution >= 0.6 is 0 Å². The maximum Gasteiger partial charge on any atom is 0.163 e. The normalized spacial score (nSPS) is 12.0. The summed E-state index contributed by atoms with van der Waals surface area (Å²) in [4.78, 5) is 11.9. The van der Waals surface area contributed by atoms with Gasteiger partial charge in [-0.25, -0.2) is 0 Å². The van der Waals surface area contributed by atoms with Crippen molar-refractivity contribution < 1.29 is 4.79 Å². The Hall–Kier alpha value is -1.63. The van der Waals surface area contributed by atoms with E-state index in [2.05, 4.69) is 25.2 Å². The van der Waals surface area contributed by atoms with Gasteiger partial charge in [-0.05, 0) is 33.1 Å². The van der Waals surface area contributed by atoms with Crippen molar-refractivity contribution in [2.45, 2.75) is 39.5 Å². The standard InChI is InChI=1S/C17H22O/c1-3-4-5-7-10-15(2)13-14-17(18)16-11-8-6-9-12-16/h3-4,6,8-12H,5,7,13-14H2,1-2H3/b4-3-,15-10-. The molecule has 1 aromatic rings. The van der Waals surface area contributed by atoms with Gasteiger partial charge in [0.1, 0.15) is 0 Å². The number of carbonyl (C=O) groups is 1. The molecule has 0 radical (unpaired) electrons. The largest absolute Gasteiger partial charge is 0.294 e. The van der Waals surface area contributed by atoms with Crippen molar-refractivity contribution >= 4 is 5.78 Å². The first-order chi connectivity index (χ1) is 8.74. The number of allylic oxidation sites excluding steroid dienone is 4. The highest BCUT2D eigenvalue weighted by Crippen LogP contribution is 2.11. The molecule has 0 amide bonds. The van der Waals surface area contributed by atoms with Gasteiger partial charge in [-0.15, -0.1) is 0 Å². The number of hydrogen-bond acceptors (Lipinski definition) is 1. The Bertz CT molecular complexity index is 412. The summed E-state index contributed by atoms with van der Waals surface area (Å²) in [7, 11) is 0. The first kappa shape index (κ1) is 14.4. The molecule has 1 rings (SSSR count). The molecule has 0 saturated carbocycles. The maximum atomic E-state index is 11.9. The molecule has 0 N–H and O–H groups in total. The zero-order valence-corrected chi connectivity index (χ0v) is 11.4. The summed E-state index contributed by atoms with van der Waals surface area (Å²) in [5.74, 6) is 0.233. The van der Waals surface area contributed by atoms with E-state index in [0.717, 1.165) is 24.8 Å². The summed E-state index contributed by atoms with van der Waals surface area (Å²) in [6.07, 6.45) is 10.1. The van der Waals surface area contributed by atoms with Crippen LogP contribution in [0.3, 0.4) is 0 Å². The minimum absolute atomic E-state index is 0.233. The van der Waals surface area contributed by atoms with E-state index in [0.29, 0.717) is 6.42 Å².